The minimum absolute atomic E-state index is 0.00589. The topological polar surface area (TPSA) is 66.5 Å². The molecule has 1 aliphatic heterocycles. The highest BCUT2D eigenvalue weighted by Gasteiger charge is 2.46. The summed E-state index contributed by atoms with van der Waals surface area (Å²) < 4.78 is 62.4. The fourth-order valence-corrected chi connectivity index (χ4v) is 3.71. The number of rotatable bonds is 4. The third-order valence-corrected chi connectivity index (χ3v) is 5.53. The Morgan fingerprint density at radius 2 is 1.74 bits per heavy atom. The first-order chi connectivity index (χ1) is 12.6. The van der Waals surface area contributed by atoms with Gasteiger partial charge in [-0.2, -0.15) is 21.6 Å². The van der Waals surface area contributed by atoms with Crippen molar-refractivity contribution < 1.29 is 26.4 Å². The summed E-state index contributed by atoms with van der Waals surface area (Å²) in [5.74, 6) is -0.185. The van der Waals surface area contributed by atoms with Crippen LogP contribution in [0.1, 0.15) is 34.3 Å². The van der Waals surface area contributed by atoms with Crippen LogP contribution in [0.25, 0.3) is 0 Å². The van der Waals surface area contributed by atoms with Crippen molar-refractivity contribution in [3.05, 3.63) is 65.2 Å². The van der Waals surface area contributed by atoms with Crippen molar-refractivity contribution in [3.63, 3.8) is 0 Å². The fourth-order valence-electron chi connectivity index (χ4n) is 3.11. The lowest BCUT2D eigenvalue weighted by atomic mass is 9.90. The Bertz CT molecular complexity index is 974. The molecular weight excluding hydrogens is 381 g/mol. The Labute approximate surface area is 154 Å². The summed E-state index contributed by atoms with van der Waals surface area (Å²) in [6.45, 7) is 2.33. The molecule has 0 bridgehead atoms. The third kappa shape index (κ3) is 3.78. The SMILES string of the molecule is CC1CN(Cc2ccccc2NS(=O)(=O)C(F)(F)F)C(=O)c2ccccc21. The van der Waals surface area contributed by atoms with Crippen LogP contribution in [-0.4, -0.2) is 31.3 Å². The smallest absolute Gasteiger partial charge is 0.334 e. The van der Waals surface area contributed by atoms with Crippen LogP contribution < -0.4 is 4.72 Å². The summed E-state index contributed by atoms with van der Waals surface area (Å²) >= 11 is 0. The molecule has 9 heteroatoms. The van der Waals surface area contributed by atoms with Crippen LogP contribution in [0.5, 0.6) is 0 Å². The number of sulfonamides is 1. The summed E-state index contributed by atoms with van der Waals surface area (Å²) in [6.07, 6.45) is 0. The Hall–Kier alpha value is -2.55. The van der Waals surface area contributed by atoms with Gasteiger partial charge in [-0.05, 0) is 29.2 Å². The first-order valence-electron chi connectivity index (χ1n) is 8.15. The van der Waals surface area contributed by atoms with Gasteiger partial charge in [-0.25, -0.2) is 0 Å². The van der Waals surface area contributed by atoms with E-state index in [1.165, 1.54) is 23.1 Å². The average molecular weight is 398 g/mol. The number of nitrogens with one attached hydrogen (secondary N) is 1. The lowest BCUT2D eigenvalue weighted by Gasteiger charge is -2.33. The molecule has 144 valence electrons. The molecule has 1 unspecified atom stereocenters. The molecule has 0 fully saturated rings. The molecule has 0 aromatic heterocycles. The summed E-state index contributed by atoms with van der Waals surface area (Å²) in [6, 6.07) is 12.9. The quantitative estimate of drug-likeness (QED) is 0.854. The first-order valence-corrected chi connectivity index (χ1v) is 9.63. The molecule has 1 atom stereocenters. The molecule has 3 rings (SSSR count). The zero-order valence-corrected chi connectivity index (χ0v) is 15.1. The second kappa shape index (κ2) is 6.88. The Morgan fingerprint density at radius 1 is 1.11 bits per heavy atom. The number of hydrogen-bond acceptors (Lipinski definition) is 3. The molecule has 0 radical (unpaired) electrons. The van der Waals surface area contributed by atoms with Gasteiger partial charge in [0.15, 0.2) is 0 Å². The van der Waals surface area contributed by atoms with E-state index in [2.05, 4.69) is 0 Å². The minimum Gasteiger partial charge on any atom is -0.334 e. The summed E-state index contributed by atoms with van der Waals surface area (Å²) in [5.41, 5.74) is -3.87. The number of benzene rings is 2. The number of carbonyl (C=O) groups excluding carboxylic acids is 1. The Kier molecular flexibility index (Phi) is 4.90. The molecule has 5 nitrogen and oxygen atoms in total. The largest absolute Gasteiger partial charge is 0.516 e. The Morgan fingerprint density at radius 3 is 2.44 bits per heavy atom. The average Bonchev–Trinajstić information content (AvgIpc) is 2.60. The highest BCUT2D eigenvalue weighted by atomic mass is 32.2. The Balaban J connectivity index is 1.89. The molecule has 2 aromatic rings. The van der Waals surface area contributed by atoms with Crippen LogP contribution in [0.2, 0.25) is 0 Å². The van der Waals surface area contributed by atoms with Crippen LogP contribution in [0, 0.1) is 0 Å². The van der Waals surface area contributed by atoms with E-state index in [1.54, 1.807) is 22.9 Å². The minimum atomic E-state index is -5.54. The van der Waals surface area contributed by atoms with Gasteiger partial charge in [-0.15, -0.1) is 0 Å². The normalized spacial score (nSPS) is 17.6. The van der Waals surface area contributed by atoms with Crippen LogP contribution in [0.15, 0.2) is 48.5 Å². The van der Waals surface area contributed by atoms with E-state index in [0.717, 1.165) is 5.56 Å². The number of amides is 1. The number of hydrogen-bond donors (Lipinski definition) is 1. The molecule has 1 amide bonds. The highest BCUT2D eigenvalue weighted by molar-refractivity contribution is 7.93. The number of carbonyl (C=O) groups is 1. The summed E-state index contributed by atoms with van der Waals surface area (Å²) in [7, 11) is -5.54. The number of para-hydroxylation sites is 1. The predicted octanol–water partition coefficient (Wildman–Crippen LogP) is 3.71. The summed E-state index contributed by atoms with van der Waals surface area (Å²) in [5, 5.41) is 0. The first kappa shape index (κ1) is 19.2. The second-order valence-corrected chi connectivity index (χ2v) is 8.06. The van der Waals surface area contributed by atoms with Crippen molar-refractivity contribution in [2.45, 2.75) is 24.9 Å². The molecule has 0 spiro atoms. The monoisotopic (exact) mass is 398 g/mol. The van der Waals surface area contributed by atoms with Gasteiger partial charge in [0, 0.05) is 18.7 Å². The maximum absolute atomic E-state index is 12.7. The van der Waals surface area contributed by atoms with Crippen LogP contribution >= 0.6 is 0 Å². The zero-order valence-electron chi connectivity index (χ0n) is 14.3. The van der Waals surface area contributed by atoms with Crippen molar-refractivity contribution in [1.82, 2.24) is 4.90 Å². The van der Waals surface area contributed by atoms with Crippen LogP contribution in [0.3, 0.4) is 0 Å². The fraction of sp³-hybridized carbons (Fsp3) is 0.278. The van der Waals surface area contributed by atoms with Crippen molar-refractivity contribution in [2.75, 3.05) is 11.3 Å². The number of fused-ring (bicyclic) bond motifs is 1. The van der Waals surface area contributed by atoms with Gasteiger partial charge in [-0.1, -0.05) is 43.3 Å². The van der Waals surface area contributed by atoms with E-state index in [-0.39, 0.29) is 29.6 Å². The van der Waals surface area contributed by atoms with E-state index in [4.69, 9.17) is 0 Å². The lowest BCUT2D eigenvalue weighted by molar-refractivity contribution is -0.0429. The zero-order chi connectivity index (χ0) is 19.8. The van der Waals surface area contributed by atoms with Crippen LogP contribution in [-0.2, 0) is 16.6 Å². The molecular formula is C18H17F3N2O3S. The molecule has 0 saturated carbocycles. The van der Waals surface area contributed by atoms with Crippen molar-refractivity contribution in [3.8, 4) is 0 Å². The molecule has 0 aliphatic carbocycles. The van der Waals surface area contributed by atoms with Gasteiger partial charge in [0.2, 0.25) is 0 Å². The van der Waals surface area contributed by atoms with E-state index in [9.17, 15) is 26.4 Å². The maximum atomic E-state index is 12.7. The lowest BCUT2D eigenvalue weighted by Crippen LogP contribution is -2.39. The van der Waals surface area contributed by atoms with Gasteiger partial charge in [-0.3, -0.25) is 9.52 Å². The second-order valence-electron chi connectivity index (χ2n) is 6.38. The molecule has 0 saturated heterocycles. The van der Waals surface area contributed by atoms with E-state index < -0.39 is 15.5 Å². The molecule has 1 N–H and O–H groups in total. The molecule has 1 aliphatic rings. The van der Waals surface area contributed by atoms with Crippen molar-refractivity contribution in [1.29, 1.82) is 0 Å². The third-order valence-electron chi connectivity index (χ3n) is 4.43. The number of halogens is 3. The maximum Gasteiger partial charge on any atom is 0.516 e. The predicted molar refractivity (Wildman–Crippen MR) is 94.6 cm³/mol. The van der Waals surface area contributed by atoms with Gasteiger partial charge in [0.1, 0.15) is 0 Å². The summed E-state index contributed by atoms with van der Waals surface area (Å²) in [4.78, 5) is 14.2. The van der Waals surface area contributed by atoms with Gasteiger partial charge < -0.3 is 4.90 Å². The molecule has 2 aromatic carbocycles. The van der Waals surface area contributed by atoms with Crippen molar-refractivity contribution in [2.24, 2.45) is 0 Å². The van der Waals surface area contributed by atoms with E-state index in [1.807, 2.05) is 19.1 Å². The highest BCUT2D eigenvalue weighted by Crippen LogP contribution is 2.31. The standard InChI is InChI=1S/C18H17F3N2O3S/c1-12-10-23(17(24)15-8-4-3-7-14(12)15)11-13-6-2-5-9-16(13)22-27(25,26)18(19,20)21/h2-9,12,22H,10-11H2,1H3. The van der Waals surface area contributed by atoms with Gasteiger partial charge in [0.05, 0.1) is 5.69 Å². The van der Waals surface area contributed by atoms with E-state index >= 15 is 0 Å². The van der Waals surface area contributed by atoms with Crippen LogP contribution in [0.4, 0.5) is 18.9 Å². The van der Waals surface area contributed by atoms with E-state index in [0.29, 0.717) is 12.1 Å². The molecule has 1 heterocycles. The van der Waals surface area contributed by atoms with Crippen molar-refractivity contribution >= 4 is 21.6 Å². The molecule has 27 heavy (non-hydrogen) atoms. The van der Waals surface area contributed by atoms with Gasteiger partial charge in [0.25, 0.3) is 5.91 Å². The number of alkyl halides is 3. The number of anilines is 1. The number of nitrogens with zero attached hydrogens (tertiary/aromatic N) is 1. The van der Waals surface area contributed by atoms with Gasteiger partial charge >= 0.3 is 15.5 Å².